The van der Waals surface area contributed by atoms with Crippen molar-refractivity contribution in [1.82, 2.24) is 5.32 Å². The van der Waals surface area contributed by atoms with Crippen LogP contribution in [0.15, 0.2) is 29.4 Å². The molecule has 0 bridgehead atoms. The van der Waals surface area contributed by atoms with Crippen LogP contribution in [0.5, 0.6) is 0 Å². The number of hydrogen-bond donors (Lipinski definition) is 2. The van der Waals surface area contributed by atoms with E-state index in [0.717, 1.165) is 11.1 Å². The van der Waals surface area contributed by atoms with Crippen LogP contribution in [-0.4, -0.2) is 19.0 Å². The lowest BCUT2D eigenvalue weighted by atomic mass is 10.0. The fourth-order valence-corrected chi connectivity index (χ4v) is 1.45. The molecule has 0 spiro atoms. The summed E-state index contributed by atoms with van der Waals surface area (Å²) in [6, 6.07) is 6.99. The number of nitrogens with zero attached hydrogens (tertiary/aromatic N) is 3. The third kappa shape index (κ3) is 4.14. The zero-order valence-electron chi connectivity index (χ0n) is 9.63. The zero-order valence-corrected chi connectivity index (χ0v) is 9.63. The molecule has 0 saturated heterocycles. The van der Waals surface area contributed by atoms with Gasteiger partial charge in [-0.25, -0.2) is 0 Å². The average molecular weight is 233 g/mol. The molecule has 3 N–H and O–H groups in total. The van der Waals surface area contributed by atoms with E-state index in [1.165, 1.54) is 0 Å². The number of amides is 1. The third-order valence-corrected chi connectivity index (χ3v) is 2.32. The number of rotatable bonds is 6. The summed E-state index contributed by atoms with van der Waals surface area (Å²) in [5.74, 6) is -0.449. The van der Waals surface area contributed by atoms with Crippen molar-refractivity contribution in [3.63, 3.8) is 0 Å². The minimum absolute atomic E-state index is 0.284. The Bertz CT molecular complexity index is 422. The first kappa shape index (κ1) is 13.0. The molecule has 1 aromatic rings. The van der Waals surface area contributed by atoms with Crippen LogP contribution < -0.4 is 11.1 Å². The van der Waals surface area contributed by atoms with Crippen LogP contribution in [0.25, 0.3) is 10.4 Å². The second-order valence-electron chi connectivity index (χ2n) is 3.65. The lowest BCUT2D eigenvalue weighted by Crippen LogP contribution is -2.34. The molecule has 6 nitrogen and oxygen atoms in total. The van der Waals surface area contributed by atoms with E-state index in [0.29, 0.717) is 6.54 Å². The molecule has 1 rings (SSSR count). The smallest absolute Gasteiger partial charge is 0.239 e. The molecule has 0 aliphatic carbocycles. The molecule has 17 heavy (non-hydrogen) atoms. The van der Waals surface area contributed by atoms with Crippen LogP contribution in [0.1, 0.15) is 17.2 Å². The average Bonchev–Trinajstić information content (AvgIpc) is 2.30. The Morgan fingerprint density at radius 2 is 2.18 bits per heavy atom. The molecular formula is C11H15N5O. The van der Waals surface area contributed by atoms with Gasteiger partial charge in [0, 0.05) is 18.0 Å². The van der Waals surface area contributed by atoms with Gasteiger partial charge < -0.3 is 11.1 Å². The van der Waals surface area contributed by atoms with Gasteiger partial charge in [0.1, 0.15) is 6.04 Å². The fourth-order valence-electron chi connectivity index (χ4n) is 1.45. The van der Waals surface area contributed by atoms with Crippen molar-refractivity contribution < 1.29 is 4.79 Å². The molecule has 0 heterocycles. The molecule has 0 aliphatic heterocycles. The second-order valence-corrected chi connectivity index (χ2v) is 3.65. The van der Waals surface area contributed by atoms with Crippen LogP contribution in [-0.2, 0) is 4.79 Å². The van der Waals surface area contributed by atoms with Gasteiger partial charge in [0.2, 0.25) is 5.91 Å². The van der Waals surface area contributed by atoms with E-state index >= 15 is 0 Å². The number of hydrogen-bond acceptors (Lipinski definition) is 3. The van der Waals surface area contributed by atoms with Crippen molar-refractivity contribution in [2.75, 3.05) is 13.1 Å². The number of carbonyl (C=O) groups is 1. The third-order valence-electron chi connectivity index (χ3n) is 2.32. The highest BCUT2D eigenvalue weighted by atomic mass is 16.1. The van der Waals surface area contributed by atoms with E-state index < -0.39 is 11.9 Å². The topological polar surface area (TPSA) is 104 Å². The standard InChI is InChI=1S/C11H15N5O/c1-8-2-4-9(5-3-8)10(11(12)17)14-6-7-15-16-13/h2-5,10,14H,6-7H2,1H3,(H2,12,17). The number of azide groups is 1. The number of nitrogens with one attached hydrogen (secondary N) is 1. The van der Waals surface area contributed by atoms with Crippen LogP contribution in [0.4, 0.5) is 0 Å². The number of benzene rings is 1. The maximum absolute atomic E-state index is 11.3. The van der Waals surface area contributed by atoms with Gasteiger partial charge in [-0.3, -0.25) is 4.79 Å². The largest absolute Gasteiger partial charge is 0.368 e. The van der Waals surface area contributed by atoms with Crippen molar-refractivity contribution >= 4 is 5.91 Å². The van der Waals surface area contributed by atoms with E-state index in [9.17, 15) is 4.79 Å². The SMILES string of the molecule is Cc1ccc(C(NCCN=[N+]=[N-])C(N)=O)cc1. The Balaban J connectivity index is 2.68. The van der Waals surface area contributed by atoms with Gasteiger partial charge in [-0.1, -0.05) is 34.9 Å². The number of carbonyl (C=O) groups excluding carboxylic acids is 1. The van der Waals surface area contributed by atoms with E-state index in [4.69, 9.17) is 11.3 Å². The maximum Gasteiger partial charge on any atom is 0.239 e. The van der Waals surface area contributed by atoms with E-state index in [-0.39, 0.29) is 6.54 Å². The van der Waals surface area contributed by atoms with Crippen LogP contribution in [0.2, 0.25) is 0 Å². The molecule has 0 aromatic heterocycles. The Kier molecular flexibility index (Phi) is 5.00. The molecule has 1 unspecified atom stereocenters. The van der Waals surface area contributed by atoms with Gasteiger partial charge in [0.25, 0.3) is 0 Å². The highest BCUT2D eigenvalue weighted by Crippen LogP contribution is 2.13. The van der Waals surface area contributed by atoms with Crippen molar-refractivity contribution in [3.8, 4) is 0 Å². The highest BCUT2D eigenvalue weighted by Gasteiger charge is 2.16. The summed E-state index contributed by atoms with van der Waals surface area (Å²) in [4.78, 5) is 13.9. The Morgan fingerprint density at radius 1 is 1.53 bits per heavy atom. The molecule has 1 aromatic carbocycles. The Labute approximate surface area is 99.4 Å². The normalized spacial score (nSPS) is 11.6. The maximum atomic E-state index is 11.3. The number of primary amides is 1. The predicted octanol–water partition coefficient (Wildman–Crippen LogP) is 1.42. The van der Waals surface area contributed by atoms with Gasteiger partial charge >= 0.3 is 0 Å². The Hall–Kier alpha value is -2.04. The second kappa shape index (κ2) is 6.52. The number of nitrogens with two attached hydrogens (primary N) is 1. The summed E-state index contributed by atoms with van der Waals surface area (Å²) in [6.07, 6.45) is 0. The molecule has 1 amide bonds. The molecule has 0 radical (unpaired) electrons. The first-order valence-corrected chi connectivity index (χ1v) is 5.25. The van der Waals surface area contributed by atoms with Gasteiger partial charge in [-0.2, -0.15) is 0 Å². The van der Waals surface area contributed by atoms with E-state index in [2.05, 4.69) is 15.3 Å². The van der Waals surface area contributed by atoms with Gasteiger partial charge in [0.15, 0.2) is 0 Å². The predicted molar refractivity (Wildman–Crippen MR) is 65.1 cm³/mol. The molecule has 90 valence electrons. The first-order chi connectivity index (χ1) is 8.15. The zero-order chi connectivity index (χ0) is 12.7. The molecule has 6 heteroatoms. The lowest BCUT2D eigenvalue weighted by molar-refractivity contribution is -0.120. The van der Waals surface area contributed by atoms with Crippen LogP contribution in [0.3, 0.4) is 0 Å². The minimum atomic E-state index is -0.551. The monoisotopic (exact) mass is 233 g/mol. The summed E-state index contributed by atoms with van der Waals surface area (Å²) in [5, 5.41) is 6.33. The fraction of sp³-hybridized carbons (Fsp3) is 0.364. The van der Waals surface area contributed by atoms with Crippen LogP contribution >= 0.6 is 0 Å². The summed E-state index contributed by atoms with van der Waals surface area (Å²) in [6.45, 7) is 2.66. The quantitative estimate of drug-likeness (QED) is 0.336. The van der Waals surface area contributed by atoms with Crippen molar-refractivity contribution in [3.05, 3.63) is 45.8 Å². The molecule has 1 atom stereocenters. The summed E-state index contributed by atoms with van der Waals surface area (Å²) < 4.78 is 0. The van der Waals surface area contributed by atoms with E-state index in [1.54, 1.807) is 0 Å². The van der Waals surface area contributed by atoms with Crippen molar-refractivity contribution in [1.29, 1.82) is 0 Å². The lowest BCUT2D eigenvalue weighted by Gasteiger charge is -2.15. The van der Waals surface area contributed by atoms with Crippen molar-refractivity contribution in [2.24, 2.45) is 10.8 Å². The number of aryl methyl sites for hydroxylation is 1. The summed E-state index contributed by atoms with van der Waals surface area (Å²) in [7, 11) is 0. The molecular weight excluding hydrogens is 218 g/mol. The highest BCUT2D eigenvalue weighted by molar-refractivity contribution is 5.81. The first-order valence-electron chi connectivity index (χ1n) is 5.25. The van der Waals surface area contributed by atoms with Crippen LogP contribution in [0, 0.1) is 6.92 Å². The molecule has 0 aliphatic rings. The van der Waals surface area contributed by atoms with Gasteiger partial charge in [-0.15, -0.1) is 0 Å². The van der Waals surface area contributed by atoms with E-state index in [1.807, 2.05) is 31.2 Å². The van der Waals surface area contributed by atoms with Gasteiger partial charge in [-0.05, 0) is 18.0 Å². The Morgan fingerprint density at radius 3 is 2.71 bits per heavy atom. The molecule has 0 saturated carbocycles. The molecule has 0 fully saturated rings. The van der Waals surface area contributed by atoms with Crippen molar-refractivity contribution in [2.45, 2.75) is 13.0 Å². The minimum Gasteiger partial charge on any atom is -0.368 e. The van der Waals surface area contributed by atoms with Gasteiger partial charge in [0.05, 0.1) is 0 Å². The summed E-state index contributed by atoms with van der Waals surface area (Å²) >= 11 is 0. The summed E-state index contributed by atoms with van der Waals surface area (Å²) in [5.41, 5.74) is 15.4.